The van der Waals surface area contributed by atoms with Gasteiger partial charge in [0.15, 0.2) is 61.4 Å². The SMILES string of the molecule is N=c1ncn(CCCn2cccc2)c2nc(Sc3ccc4c(c3)OCO4)[nH]c12.Nc1ncnc2c1nc(Sc1ccc3c(c1)OCO3)n2CCCn1cccc1. The molecule has 0 bridgehead atoms. The lowest BCUT2D eigenvalue weighted by atomic mass is 10.3. The van der Waals surface area contributed by atoms with E-state index in [-0.39, 0.29) is 19.1 Å². The number of nitrogens with zero attached hydrogens (tertiary/aromatic N) is 9. The minimum atomic E-state index is 0.196. The summed E-state index contributed by atoms with van der Waals surface area (Å²) in [4.78, 5) is 27.3. The van der Waals surface area contributed by atoms with Crippen LogP contribution in [-0.2, 0) is 26.2 Å². The Balaban J connectivity index is 0.000000146. The van der Waals surface area contributed by atoms with Gasteiger partial charge in [-0.05, 0) is 73.5 Å². The molecule has 2 aromatic carbocycles. The van der Waals surface area contributed by atoms with E-state index in [0.717, 1.165) is 93.4 Å². The highest BCUT2D eigenvalue weighted by atomic mass is 32.2. The number of hydrogen-bond donors (Lipinski definition) is 3. The van der Waals surface area contributed by atoms with Crippen LogP contribution in [-0.4, -0.2) is 61.8 Å². The molecule has 0 unspecified atom stereocenters. The van der Waals surface area contributed by atoms with E-state index in [9.17, 15) is 0 Å². The van der Waals surface area contributed by atoms with E-state index in [1.54, 1.807) is 18.1 Å². The molecule has 56 heavy (non-hydrogen) atoms. The summed E-state index contributed by atoms with van der Waals surface area (Å²) in [5.41, 5.74) is 9.01. The van der Waals surface area contributed by atoms with E-state index >= 15 is 0 Å². The highest BCUT2D eigenvalue weighted by Crippen LogP contribution is 2.39. The van der Waals surface area contributed by atoms with E-state index < -0.39 is 0 Å². The monoisotopic (exact) mass is 788 g/mol. The largest absolute Gasteiger partial charge is 0.454 e. The number of anilines is 1. The maximum atomic E-state index is 8.10. The zero-order valence-corrected chi connectivity index (χ0v) is 31.6. The molecule has 0 saturated heterocycles. The summed E-state index contributed by atoms with van der Waals surface area (Å²) in [6.07, 6.45) is 13.3. The van der Waals surface area contributed by atoms with Crippen LogP contribution in [0.3, 0.4) is 0 Å². The number of nitrogens with one attached hydrogen (secondary N) is 2. The van der Waals surface area contributed by atoms with Gasteiger partial charge in [0.1, 0.15) is 11.8 Å². The molecule has 0 fully saturated rings. The fourth-order valence-corrected chi connectivity index (χ4v) is 8.11. The number of aromatic nitrogens is 10. The predicted octanol–water partition coefficient (Wildman–Crippen LogP) is 6.19. The molecule has 0 spiro atoms. The number of rotatable bonds is 12. The van der Waals surface area contributed by atoms with Crippen molar-refractivity contribution in [2.45, 2.75) is 59.1 Å². The molecule has 2 aliphatic rings. The fraction of sp³-hybridized carbons (Fsp3) is 0.211. The molecule has 6 aromatic heterocycles. The van der Waals surface area contributed by atoms with E-state index in [4.69, 9.17) is 40.1 Å². The summed E-state index contributed by atoms with van der Waals surface area (Å²) < 4.78 is 30.1. The zero-order chi connectivity index (χ0) is 37.8. The molecule has 8 heterocycles. The number of H-pyrrole nitrogens is 1. The zero-order valence-electron chi connectivity index (χ0n) is 29.9. The van der Waals surface area contributed by atoms with E-state index in [1.165, 1.54) is 18.1 Å². The van der Waals surface area contributed by atoms with Gasteiger partial charge in [0.25, 0.3) is 0 Å². The first kappa shape index (κ1) is 35.3. The van der Waals surface area contributed by atoms with Crippen molar-refractivity contribution < 1.29 is 18.9 Å². The van der Waals surface area contributed by atoms with Gasteiger partial charge < -0.3 is 47.9 Å². The first-order valence-electron chi connectivity index (χ1n) is 17.9. The average molecular weight is 789 g/mol. The van der Waals surface area contributed by atoms with Gasteiger partial charge in [-0.1, -0.05) is 23.5 Å². The van der Waals surface area contributed by atoms with E-state index in [1.807, 2.05) is 65.2 Å². The molecule has 4 N–H and O–H groups in total. The van der Waals surface area contributed by atoms with Crippen molar-refractivity contribution in [3.8, 4) is 23.0 Å². The number of nitrogen functional groups attached to an aromatic ring is 1. The predicted molar refractivity (Wildman–Crippen MR) is 209 cm³/mol. The van der Waals surface area contributed by atoms with Crippen LogP contribution in [0.25, 0.3) is 22.3 Å². The van der Waals surface area contributed by atoms with Crippen molar-refractivity contribution in [3.63, 3.8) is 0 Å². The summed E-state index contributed by atoms with van der Waals surface area (Å²) in [7, 11) is 0. The summed E-state index contributed by atoms with van der Waals surface area (Å²) in [5, 5.41) is 9.64. The highest BCUT2D eigenvalue weighted by Gasteiger charge is 2.19. The van der Waals surface area contributed by atoms with Crippen LogP contribution in [0.15, 0.2) is 118 Å². The Kier molecular flexibility index (Phi) is 9.93. The summed E-state index contributed by atoms with van der Waals surface area (Å²) >= 11 is 3.04. The van der Waals surface area contributed by atoms with Crippen molar-refractivity contribution in [2.75, 3.05) is 19.3 Å². The second-order valence-electron chi connectivity index (χ2n) is 12.8. The van der Waals surface area contributed by atoms with Crippen molar-refractivity contribution >= 4 is 51.7 Å². The van der Waals surface area contributed by atoms with E-state index in [0.29, 0.717) is 16.9 Å². The Bertz CT molecular complexity index is 2670. The van der Waals surface area contributed by atoms with Crippen molar-refractivity contribution in [1.82, 2.24) is 48.2 Å². The van der Waals surface area contributed by atoms with Crippen LogP contribution in [0, 0.1) is 5.41 Å². The Labute approximate surface area is 328 Å². The van der Waals surface area contributed by atoms with Gasteiger partial charge in [0.05, 0.1) is 6.33 Å². The van der Waals surface area contributed by atoms with Gasteiger partial charge in [0.2, 0.25) is 13.6 Å². The molecule has 0 saturated carbocycles. The number of ether oxygens (including phenoxy) is 4. The van der Waals surface area contributed by atoms with Gasteiger partial charge >= 0.3 is 0 Å². The molecular formula is C38H36N12O4S2. The Morgan fingerprint density at radius 3 is 2.00 bits per heavy atom. The van der Waals surface area contributed by atoms with Crippen LogP contribution in [0.5, 0.6) is 23.0 Å². The quantitative estimate of drug-likeness (QED) is 0.128. The Morgan fingerprint density at radius 2 is 1.32 bits per heavy atom. The summed E-state index contributed by atoms with van der Waals surface area (Å²) in [6, 6.07) is 19.8. The normalized spacial score (nSPS) is 12.7. The second kappa shape index (κ2) is 15.8. The third-order valence-corrected chi connectivity index (χ3v) is 10.9. The van der Waals surface area contributed by atoms with Crippen molar-refractivity contribution in [2.24, 2.45) is 0 Å². The van der Waals surface area contributed by atoms with Gasteiger partial charge in [-0.3, -0.25) is 5.41 Å². The number of fused-ring (bicyclic) bond motifs is 4. The lowest BCUT2D eigenvalue weighted by Gasteiger charge is -2.09. The molecule has 0 aliphatic carbocycles. The maximum absolute atomic E-state index is 8.10. The number of imidazole rings is 2. The van der Waals surface area contributed by atoms with Gasteiger partial charge in [-0.25, -0.2) is 24.9 Å². The third kappa shape index (κ3) is 7.60. The van der Waals surface area contributed by atoms with Crippen LogP contribution in [0.2, 0.25) is 0 Å². The lowest BCUT2D eigenvalue weighted by Crippen LogP contribution is -2.13. The standard InChI is InChI=1S/2C19H18N6O2S/c20-17-16-18(25(11-21-17)9-3-8-24-6-1-2-7-24)23-19(22-16)28-13-4-5-14-15(10-13)27-12-26-14;20-17-16-18(22-11-21-17)25(9-3-8-24-6-1-2-7-24)19(23-16)28-13-4-5-14-15(10-13)27-12-26-14/h1-2,4-7,10-11,20H,3,8-9,12H2,(H,22,23);1-2,4-7,10-11H,3,8-9,12H2,(H2,20,21,22). The van der Waals surface area contributed by atoms with Gasteiger partial charge in [-0.15, -0.1) is 0 Å². The third-order valence-electron chi connectivity index (χ3n) is 9.08. The first-order chi connectivity index (χ1) is 27.5. The number of nitrogens with two attached hydrogens (primary N) is 1. The van der Waals surface area contributed by atoms with Crippen LogP contribution >= 0.6 is 23.5 Å². The highest BCUT2D eigenvalue weighted by molar-refractivity contribution is 7.99. The molecule has 0 atom stereocenters. The molecule has 284 valence electrons. The molecule has 2 aliphatic heterocycles. The molecule has 18 heteroatoms. The van der Waals surface area contributed by atoms with Gasteiger partial charge in [0, 0.05) is 60.8 Å². The van der Waals surface area contributed by atoms with Crippen LogP contribution in [0.1, 0.15) is 12.8 Å². The molecule has 16 nitrogen and oxygen atoms in total. The van der Waals surface area contributed by atoms with E-state index in [2.05, 4.69) is 58.4 Å². The fourth-order valence-electron chi connectivity index (χ4n) is 6.36. The first-order valence-corrected chi connectivity index (χ1v) is 19.5. The number of hydrogen-bond acceptors (Lipinski definition) is 13. The maximum Gasteiger partial charge on any atom is 0.231 e. The molecule has 0 radical (unpaired) electrons. The molecule has 0 amide bonds. The Hall–Kier alpha value is -6.40. The Morgan fingerprint density at radius 1 is 0.696 bits per heavy atom. The molecule has 8 aromatic rings. The second-order valence-corrected chi connectivity index (χ2v) is 14.9. The summed E-state index contributed by atoms with van der Waals surface area (Å²) in [5.74, 6) is 3.40. The minimum Gasteiger partial charge on any atom is -0.454 e. The van der Waals surface area contributed by atoms with Crippen LogP contribution in [0.4, 0.5) is 5.82 Å². The van der Waals surface area contributed by atoms with Crippen LogP contribution < -0.4 is 30.2 Å². The van der Waals surface area contributed by atoms with Gasteiger partial charge in [-0.2, -0.15) is 0 Å². The number of aromatic amines is 1. The lowest BCUT2D eigenvalue weighted by molar-refractivity contribution is 0.173. The van der Waals surface area contributed by atoms with Crippen molar-refractivity contribution in [1.29, 1.82) is 5.41 Å². The minimum absolute atomic E-state index is 0.196. The molecular weight excluding hydrogens is 753 g/mol. The summed E-state index contributed by atoms with van der Waals surface area (Å²) in [6.45, 7) is 3.91. The molecule has 10 rings (SSSR count). The number of benzene rings is 2. The number of aryl methyl sites for hydroxylation is 4. The smallest absolute Gasteiger partial charge is 0.231 e. The topological polar surface area (TPSA) is 187 Å². The average Bonchev–Trinajstić information content (AvgIpc) is 4.06. The van der Waals surface area contributed by atoms with Crippen molar-refractivity contribution in [3.05, 3.63) is 104 Å².